The van der Waals surface area contributed by atoms with E-state index < -0.39 is 5.76 Å². The van der Waals surface area contributed by atoms with Gasteiger partial charge in [-0.1, -0.05) is 73.1 Å². The maximum absolute atomic E-state index is 13.6. The molecule has 5 rings (SSSR count). The van der Waals surface area contributed by atoms with Crippen LogP contribution < -0.4 is 11.3 Å². The number of hydrogen-bond donors (Lipinski definition) is 1. The second-order valence-electron chi connectivity index (χ2n) is 8.67. The summed E-state index contributed by atoms with van der Waals surface area (Å²) >= 11 is 1.64. The first-order valence-electron chi connectivity index (χ1n) is 11.9. The van der Waals surface area contributed by atoms with E-state index in [-0.39, 0.29) is 5.56 Å². The van der Waals surface area contributed by atoms with Gasteiger partial charge in [0.1, 0.15) is 5.82 Å². The van der Waals surface area contributed by atoms with E-state index in [9.17, 15) is 9.59 Å². The number of benzene rings is 2. The molecule has 0 bridgehead atoms. The van der Waals surface area contributed by atoms with Crippen molar-refractivity contribution in [2.45, 2.75) is 39.7 Å². The molecule has 0 unspecified atom stereocenters. The lowest BCUT2D eigenvalue weighted by atomic mass is 9.96. The minimum atomic E-state index is -0.588. The van der Waals surface area contributed by atoms with Crippen LogP contribution in [-0.2, 0) is 19.4 Å². The molecular weight excluding hydrogens is 472 g/mol. The number of nitrogens with one attached hydrogen (secondary N) is 1. The second-order valence-corrected chi connectivity index (χ2v) is 9.70. The van der Waals surface area contributed by atoms with Crippen molar-refractivity contribution in [2.75, 3.05) is 0 Å². The number of aryl methyl sites for hydroxylation is 2. The Balaban J connectivity index is 1.48. The number of thiophene rings is 1. The first kappa shape index (κ1) is 23.7. The molecule has 0 atom stereocenters. The van der Waals surface area contributed by atoms with Gasteiger partial charge in [-0.15, -0.1) is 11.3 Å². The molecule has 0 saturated heterocycles. The van der Waals surface area contributed by atoms with Gasteiger partial charge in [-0.2, -0.15) is 0 Å². The van der Waals surface area contributed by atoms with Crippen molar-refractivity contribution in [3.8, 4) is 22.5 Å². The van der Waals surface area contributed by atoms with Gasteiger partial charge in [-0.3, -0.25) is 18.9 Å². The van der Waals surface area contributed by atoms with Crippen LogP contribution in [0.5, 0.6) is 0 Å². The largest absolute Gasteiger partial charge is 0.439 e. The van der Waals surface area contributed by atoms with Crippen LogP contribution in [0.3, 0.4) is 0 Å². The van der Waals surface area contributed by atoms with Crippen LogP contribution in [0.2, 0.25) is 0 Å². The molecule has 0 saturated carbocycles. The van der Waals surface area contributed by atoms with Gasteiger partial charge in [0.25, 0.3) is 5.56 Å². The minimum Gasteiger partial charge on any atom is -0.296 e. The van der Waals surface area contributed by atoms with E-state index in [1.165, 1.54) is 0 Å². The fourth-order valence-electron chi connectivity index (χ4n) is 4.42. The average molecular weight is 499 g/mol. The highest BCUT2D eigenvalue weighted by Crippen LogP contribution is 2.30. The molecule has 182 valence electrons. The normalized spacial score (nSPS) is 11.2. The Hall–Kier alpha value is -4.04. The van der Waals surface area contributed by atoms with Gasteiger partial charge in [0, 0.05) is 22.4 Å². The maximum Gasteiger partial charge on any atom is 0.439 e. The van der Waals surface area contributed by atoms with Gasteiger partial charge in [0.05, 0.1) is 12.2 Å². The van der Waals surface area contributed by atoms with Crippen LogP contribution >= 0.6 is 11.3 Å². The van der Waals surface area contributed by atoms with Crippen molar-refractivity contribution in [3.05, 3.63) is 114 Å². The molecule has 0 radical (unpaired) electrons. The highest BCUT2D eigenvalue weighted by Gasteiger charge is 2.16. The first-order chi connectivity index (χ1) is 17.5. The molecule has 7 nitrogen and oxygen atoms in total. The number of aromatic amines is 1. The van der Waals surface area contributed by atoms with E-state index in [2.05, 4.69) is 17.1 Å². The van der Waals surface area contributed by atoms with Crippen LogP contribution in [0.15, 0.2) is 80.2 Å². The van der Waals surface area contributed by atoms with Crippen molar-refractivity contribution in [1.29, 1.82) is 0 Å². The van der Waals surface area contributed by atoms with Crippen molar-refractivity contribution in [1.82, 2.24) is 19.7 Å². The fraction of sp³-hybridized carbons (Fsp3) is 0.214. The Morgan fingerprint density at radius 1 is 1.00 bits per heavy atom. The highest BCUT2D eigenvalue weighted by atomic mass is 32.1. The summed E-state index contributed by atoms with van der Waals surface area (Å²) in [5.41, 5.74) is 5.39. The van der Waals surface area contributed by atoms with E-state index in [0.29, 0.717) is 18.8 Å². The summed E-state index contributed by atoms with van der Waals surface area (Å²) in [6.07, 6.45) is 2.21. The lowest BCUT2D eigenvalue weighted by Crippen LogP contribution is -2.29. The molecule has 3 heterocycles. The SMILES string of the molecule is CCCc1nc(C)n(Cc2cccs2)c(=O)c1Cc1ccc(-c2ccccc2-c2noc(=O)[nH]2)cc1. The van der Waals surface area contributed by atoms with Gasteiger partial charge in [-0.25, -0.2) is 9.78 Å². The zero-order chi connectivity index (χ0) is 25.1. The number of rotatable bonds is 8. The topological polar surface area (TPSA) is 93.8 Å². The Morgan fingerprint density at radius 2 is 1.78 bits per heavy atom. The standard InChI is InChI=1S/C28H26N4O3S/c1-3-7-25-24(27(33)32(18(2)29-25)17-21-8-6-15-36-21)16-19-11-13-20(14-12-19)22-9-4-5-10-23(22)26-30-28(34)35-31-26/h4-6,8-15H,3,7,16-17H2,1-2H3,(H,30,31,34). The third-order valence-electron chi connectivity index (χ3n) is 6.19. The molecule has 3 aromatic heterocycles. The molecule has 0 fully saturated rings. The van der Waals surface area contributed by atoms with Crippen molar-refractivity contribution < 1.29 is 4.52 Å². The molecule has 8 heteroatoms. The Bertz CT molecular complexity index is 1600. The van der Waals surface area contributed by atoms with Gasteiger partial charge < -0.3 is 0 Å². The molecule has 1 N–H and O–H groups in total. The maximum atomic E-state index is 13.6. The number of hydrogen-bond acceptors (Lipinski definition) is 6. The van der Waals surface area contributed by atoms with Crippen LogP contribution in [0.1, 0.15) is 40.9 Å². The zero-order valence-corrected chi connectivity index (χ0v) is 21.0. The van der Waals surface area contributed by atoms with Crippen molar-refractivity contribution in [3.63, 3.8) is 0 Å². The van der Waals surface area contributed by atoms with E-state index in [1.54, 1.807) is 15.9 Å². The summed E-state index contributed by atoms with van der Waals surface area (Å²) in [4.78, 5) is 33.6. The third kappa shape index (κ3) is 4.85. The Labute approximate surface area is 212 Å². The minimum absolute atomic E-state index is 0.0313. The number of nitrogens with zero attached hydrogens (tertiary/aromatic N) is 3. The van der Waals surface area contributed by atoms with Crippen LogP contribution in [0.25, 0.3) is 22.5 Å². The zero-order valence-electron chi connectivity index (χ0n) is 20.2. The van der Waals surface area contributed by atoms with E-state index in [0.717, 1.165) is 57.1 Å². The lowest BCUT2D eigenvalue weighted by Gasteiger charge is -2.15. The summed E-state index contributed by atoms with van der Waals surface area (Å²) in [5.74, 6) is 0.550. The fourth-order valence-corrected chi connectivity index (χ4v) is 5.11. The highest BCUT2D eigenvalue weighted by molar-refractivity contribution is 7.09. The smallest absolute Gasteiger partial charge is 0.296 e. The Morgan fingerprint density at radius 3 is 2.44 bits per heavy atom. The van der Waals surface area contributed by atoms with Gasteiger partial charge in [-0.05, 0) is 41.5 Å². The molecule has 0 aliphatic heterocycles. The third-order valence-corrected chi connectivity index (χ3v) is 7.05. The molecular formula is C28H26N4O3S. The van der Waals surface area contributed by atoms with Crippen LogP contribution in [0.4, 0.5) is 0 Å². The predicted octanol–water partition coefficient (Wildman–Crippen LogP) is 5.22. The second kappa shape index (κ2) is 10.3. The monoisotopic (exact) mass is 498 g/mol. The van der Waals surface area contributed by atoms with E-state index >= 15 is 0 Å². The lowest BCUT2D eigenvalue weighted by molar-refractivity contribution is 0.388. The van der Waals surface area contributed by atoms with Gasteiger partial charge >= 0.3 is 5.76 Å². The quantitative estimate of drug-likeness (QED) is 0.317. The molecule has 2 aromatic carbocycles. The molecule has 0 aliphatic carbocycles. The van der Waals surface area contributed by atoms with Gasteiger partial charge in [0.2, 0.25) is 0 Å². The first-order valence-corrected chi connectivity index (χ1v) is 12.8. The van der Waals surface area contributed by atoms with Crippen LogP contribution in [0, 0.1) is 6.92 Å². The van der Waals surface area contributed by atoms with E-state index in [1.807, 2.05) is 73.0 Å². The summed E-state index contributed by atoms with van der Waals surface area (Å²) in [6.45, 7) is 4.55. The van der Waals surface area contributed by atoms with Gasteiger partial charge in [0.15, 0.2) is 5.82 Å². The molecule has 0 aliphatic rings. The van der Waals surface area contributed by atoms with Crippen molar-refractivity contribution >= 4 is 11.3 Å². The summed E-state index contributed by atoms with van der Waals surface area (Å²) in [7, 11) is 0. The molecule has 0 spiro atoms. The predicted molar refractivity (Wildman–Crippen MR) is 141 cm³/mol. The average Bonchev–Trinajstić information content (AvgIpc) is 3.56. The molecule has 36 heavy (non-hydrogen) atoms. The van der Waals surface area contributed by atoms with Crippen molar-refractivity contribution in [2.24, 2.45) is 0 Å². The summed E-state index contributed by atoms with van der Waals surface area (Å²) < 4.78 is 6.47. The number of aromatic nitrogens is 4. The Kier molecular flexibility index (Phi) is 6.77. The number of H-pyrrole nitrogens is 1. The molecule has 5 aromatic rings. The summed E-state index contributed by atoms with van der Waals surface area (Å²) in [6, 6.07) is 19.9. The summed E-state index contributed by atoms with van der Waals surface area (Å²) in [5, 5.41) is 5.86. The van der Waals surface area contributed by atoms with E-state index in [4.69, 9.17) is 9.51 Å². The molecule has 0 amide bonds. The van der Waals surface area contributed by atoms with Crippen LogP contribution in [-0.4, -0.2) is 19.7 Å².